The monoisotopic (exact) mass is 252 g/mol. The minimum absolute atomic E-state index is 0.0601. The van der Waals surface area contributed by atoms with Gasteiger partial charge in [0.15, 0.2) is 0 Å². The van der Waals surface area contributed by atoms with Crippen LogP contribution in [0.1, 0.15) is 26.7 Å². The normalized spacial score (nSPS) is 13.4. The number of carbonyl (C=O) groups is 1. The summed E-state index contributed by atoms with van der Waals surface area (Å²) in [6.45, 7) is 3.47. The van der Waals surface area contributed by atoms with Crippen LogP contribution >= 0.6 is 0 Å². The van der Waals surface area contributed by atoms with Crippen LogP contribution in [0.3, 0.4) is 0 Å². The van der Waals surface area contributed by atoms with Gasteiger partial charge in [-0.2, -0.15) is 0 Å². The summed E-state index contributed by atoms with van der Waals surface area (Å²) in [5.41, 5.74) is 0. The maximum absolute atomic E-state index is 11.3. The third-order valence-corrected chi connectivity index (χ3v) is 3.42. The fraction of sp³-hybridized carbons (Fsp3) is 0.889. The van der Waals surface area contributed by atoms with Crippen LogP contribution in [0.25, 0.3) is 0 Å². The van der Waals surface area contributed by atoms with Gasteiger partial charge in [0.05, 0.1) is 12.4 Å². The van der Waals surface area contributed by atoms with E-state index in [9.17, 15) is 13.2 Å². The van der Waals surface area contributed by atoms with E-state index >= 15 is 0 Å². The van der Waals surface area contributed by atoms with Gasteiger partial charge in [-0.05, 0) is 13.3 Å². The predicted octanol–water partition coefficient (Wildman–Crippen LogP) is -0.797. The fourth-order valence-electron chi connectivity index (χ4n) is 0.961. The molecule has 0 heterocycles. The zero-order valence-corrected chi connectivity index (χ0v) is 10.5. The van der Waals surface area contributed by atoms with Crippen molar-refractivity contribution in [3.63, 3.8) is 0 Å². The van der Waals surface area contributed by atoms with Gasteiger partial charge in [0.25, 0.3) is 0 Å². The largest absolute Gasteiger partial charge is 0.395 e. The molecule has 0 aliphatic heterocycles. The second-order valence-electron chi connectivity index (χ2n) is 3.56. The first kappa shape index (κ1) is 15.3. The van der Waals surface area contributed by atoms with Gasteiger partial charge in [-0.1, -0.05) is 6.92 Å². The molecule has 0 radical (unpaired) electrons. The molecule has 0 bridgehead atoms. The van der Waals surface area contributed by atoms with E-state index in [0.29, 0.717) is 0 Å². The molecular weight excluding hydrogens is 232 g/mol. The maximum Gasteiger partial charge on any atom is 0.221 e. The summed E-state index contributed by atoms with van der Waals surface area (Å²) in [7, 11) is -3.44. The van der Waals surface area contributed by atoms with Crippen LogP contribution in [0.15, 0.2) is 0 Å². The van der Waals surface area contributed by atoms with Gasteiger partial charge in [-0.3, -0.25) is 4.79 Å². The zero-order chi connectivity index (χ0) is 12.6. The standard InChI is InChI=1S/C9H20N2O4S/c1-3-8(2)11-9(13)4-5-10-16(14,15)7-6-12/h8,10,12H,3-7H2,1-2H3,(H,11,13). The van der Waals surface area contributed by atoms with Gasteiger partial charge >= 0.3 is 0 Å². The quantitative estimate of drug-likeness (QED) is 0.527. The summed E-state index contributed by atoms with van der Waals surface area (Å²) in [5.74, 6) is -0.513. The first-order valence-electron chi connectivity index (χ1n) is 5.28. The molecule has 0 rings (SSSR count). The first-order valence-corrected chi connectivity index (χ1v) is 6.94. The Hall–Kier alpha value is -0.660. The van der Waals surface area contributed by atoms with Crippen molar-refractivity contribution in [1.29, 1.82) is 0 Å². The summed E-state index contributed by atoms with van der Waals surface area (Å²) in [4.78, 5) is 11.3. The van der Waals surface area contributed by atoms with E-state index in [0.717, 1.165) is 6.42 Å². The number of aliphatic hydroxyl groups is 1. The Kier molecular flexibility index (Phi) is 7.27. The molecule has 16 heavy (non-hydrogen) atoms. The van der Waals surface area contributed by atoms with Crippen molar-refractivity contribution in [1.82, 2.24) is 10.0 Å². The van der Waals surface area contributed by atoms with Crippen molar-refractivity contribution in [2.45, 2.75) is 32.7 Å². The van der Waals surface area contributed by atoms with Gasteiger partial charge in [0.1, 0.15) is 0 Å². The van der Waals surface area contributed by atoms with Crippen LogP contribution in [0.5, 0.6) is 0 Å². The van der Waals surface area contributed by atoms with Crippen molar-refractivity contribution in [3.05, 3.63) is 0 Å². The Morgan fingerprint density at radius 1 is 1.44 bits per heavy atom. The Labute approximate surface area is 96.5 Å². The number of carbonyl (C=O) groups excluding carboxylic acids is 1. The number of sulfonamides is 1. The molecule has 0 aromatic rings. The van der Waals surface area contributed by atoms with Crippen molar-refractivity contribution in [2.75, 3.05) is 18.9 Å². The van der Waals surface area contributed by atoms with Crippen molar-refractivity contribution in [3.8, 4) is 0 Å². The molecule has 0 aromatic carbocycles. The molecular formula is C9H20N2O4S. The summed E-state index contributed by atoms with van der Waals surface area (Å²) < 4.78 is 24.4. The fourth-order valence-corrected chi connectivity index (χ4v) is 1.76. The minimum Gasteiger partial charge on any atom is -0.395 e. The van der Waals surface area contributed by atoms with Crippen molar-refractivity contribution in [2.24, 2.45) is 0 Å². The van der Waals surface area contributed by atoms with E-state index in [1.54, 1.807) is 0 Å². The molecule has 1 atom stereocenters. The molecule has 1 amide bonds. The van der Waals surface area contributed by atoms with Crippen LogP contribution in [0.4, 0.5) is 0 Å². The van der Waals surface area contributed by atoms with Crippen molar-refractivity contribution < 1.29 is 18.3 Å². The van der Waals surface area contributed by atoms with E-state index in [1.807, 2.05) is 13.8 Å². The Balaban J connectivity index is 3.78. The summed E-state index contributed by atoms with van der Waals surface area (Å²) in [6, 6.07) is 0.0987. The van der Waals surface area contributed by atoms with Crippen LogP contribution in [-0.2, 0) is 14.8 Å². The lowest BCUT2D eigenvalue weighted by atomic mass is 10.2. The molecule has 7 heteroatoms. The lowest BCUT2D eigenvalue weighted by molar-refractivity contribution is -0.121. The zero-order valence-electron chi connectivity index (χ0n) is 9.69. The lowest BCUT2D eigenvalue weighted by Gasteiger charge is -2.11. The highest BCUT2D eigenvalue weighted by Gasteiger charge is 2.10. The van der Waals surface area contributed by atoms with Crippen LogP contribution in [0.2, 0.25) is 0 Å². The van der Waals surface area contributed by atoms with E-state index in [-0.39, 0.29) is 30.7 Å². The molecule has 0 saturated carbocycles. The van der Waals surface area contributed by atoms with Gasteiger partial charge < -0.3 is 10.4 Å². The van der Waals surface area contributed by atoms with Gasteiger partial charge in [0, 0.05) is 19.0 Å². The average molecular weight is 252 g/mol. The predicted molar refractivity (Wildman–Crippen MR) is 61.4 cm³/mol. The van der Waals surface area contributed by atoms with Crippen molar-refractivity contribution >= 4 is 15.9 Å². The van der Waals surface area contributed by atoms with Crippen LogP contribution < -0.4 is 10.0 Å². The smallest absolute Gasteiger partial charge is 0.221 e. The molecule has 0 fully saturated rings. The molecule has 3 N–H and O–H groups in total. The highest BCUT2D eigenvalue weighted by Crippen LogP contribution is 1.90. The molecule has 96 valence electrons. The van der Waals surface area contributed by atoms with E-state index in [2.05, 4.69) is 10.0 Å². The molecule has 1 unspecified atom stereocenters. The van der Waals surface area contributed by atoms with Gasteiger partial charge in [0.2, 0.25) is 15.9 Å². The molecule has 0 saturated heterocycles. The number of rotatable bonds is 8. The minimum atomic E-state index is -3.44. The van der Waals surface area contributed by atoms with Crippen LogP contribution in [0, 0.1) is 0 Å². The van der Waals surface area contributed by atoms with Gasteiger partial charge in [-0.25, -0.2) is 13.1 Å². The topological polar surface area (TPSA) is 95.5 Å². The Morgan fingerprint density at radius 2 is 2.06 bits per heavy atom. The number of hydrogen-bond acceptors (Lipinski definition) is 4. The first-order chi connectivity index (χ1) is 7.41. The number of hydrogen-bond donors (Lipinski definition) is 3. The van der Waals surface area contributed by atoms with E-state index in [1.165, 1.54) is 0 Å². The van der Waals surface area contributed by atoms with E-state index < -0.39 is 16.6 Å². The third kappa shape index (κ3) is 7.61. The lowest BCUT2D eigenvalue weighted by Crippen LogP contribution is -2.36. The third-order valence-electron chi connectivity index (χ3n) is 2.05. The molecule has 6 nitrogen and oxygen atoms in total. The second kappa shape index (κ2) is 7.59. The molecule has 0 spiro atoms. The summed E-state index contributed by atoms with van der Waals surface area (Å²) in [6.07, 6.45) is 0.941. The summed E-state index contributed by atoms with van der Waals surface area (Å²) in [5, 5.41) is 11.2. The van der Waals surface area contributed by atoms with Gasteiger partial charge in [-0.15, -0.1) is 0 Å². The number of nitrogens with one attached hydrogen (secondary N) is 2. The second-order valence-corrected chi connectivity index (χ2v) is 5.49. The summed E-state index contributed by atoms with van der Waals surface area (Å²) >= 11 is 0. The maximum atomic E-state index is 11.3. The molecule has 0 aliphatic rings. The highest BCUT2D eigenvalue weighted by atomic mass is 32.2. The number of aliphatic hydroxyl groups excluding tert-OH is 1. The molecule has 0 aromatic heterocycles. The van der Waals surface area contributed by atoms with E-state index in [4.69, 9.17) is 5.11 Å². The average Bonchev–Trinajstić information content (AvgIpc) is 2.16. The highest BCUT2D eigenvalue weighted by molar-refractivity contribution is 7.89. The Bertz CT molecular complexity index is 303. The molecule has 0 aliphatic carbocycles. The number of amides is 1. The van der Waals surface area contributed by atoms with Crippen LogP contribution in [-0.4, -0.2) is 44.4 Å². The Morgan fingerprint density at radius 3 is 2.56 bits per heavy atom. The SMILES string of the molecule is CCC(C)NC(=O)CCNS(=O)(=O)CCO.